The third kappa shape index (κ3) is 4.28. The molecular formula is C22H25F3N4O. The molecule has 3 aromatic rings. The number of hydrogen-bond acceptors (Lipinski definition) is 4. The number of halogens is 3. The first-order valence-corrected chi connectivity index (χ1v) is 10.1. The van der Waals surface area contributed by atoms with Crippen molar-refractivity contribution in [3.05, 3.63) is 48.2 Å². The average Bonchev–Trinajstić information content (AvgIpc) is 3.10. The predicted octanol–water partition coefficient (Wildman–Crippen LogP) is 5.16. The summed E-state index contributed by atoms with van der Waals surface area (Å²) in [6, 6.07) is 9.06. The van der Waals surface area contributed by atoms with Crippen LogP contribution < -0.4 is 5.32 Å². The van der Waals surface area contributed by atoms with E-state index in [0.29, 0.717) is 22.7 Å². The van der Waals surface area contributed by atoms with E-state index in [2.05, 4.69) is 15.4 Å². The van der Waals surface area contributed by atoms with Crippen LogP contribution in [0, 0.1) is 5.92 Å². The van der Waals surface area contributed by atoms with E-state index in [4.69, 9.17) is 0 Å². The first-order valence-electron chi connectivity index (χ1n) is 10.1. The smallest absolute Gasteiger partial charge is 0.390 e. The number of imidazole rings is 1. The molecule has 160 valence electrons. The number of anilines is 1. The Balaban J connectivity index is 1.56. The van der Waals surface area contributed by atoms with Crippen LogP contribution >= 0.6 is 0 Å². The van der Waals surface area contributed by atoms with Gasteiger partial charge in [0.1, 0.15) is 5.82 Å². The average molecular weight is 418 g/mol. The minimum atomic E-state index is -4.40. The first kappa shape index (κ1) is 20.7. The molecule has 2 aromatic heterocycles. The maximum absolute atomic E-state index is 13.1. The molecular weight excluding hydrogens is 393 g/mol. The van der Waals surface area contributed by atoms with E-state index in [0.717, 1.165) is 37.8 Å². The monoisotopic (exact) mass is 418 g/mol. The van der Waals surface area contributed by atoms with Gasteiger partial charge < -0.3 is 10.4 Å². The highest BCUT2D eigenvalue weighted by molar-refractivity contribution is 5.64. The number of aromatic nitrogens is 3. The molecule has 2 heterocycles. The number of hydrogen-bond donors (Lipinski definition) is 2. The SMILES string of the molecule is CC(C)(O)[C@H]1CC[C@H](Nc2ccc3ncc(-c4cccc(C(F)(F)F)c4)n3n2)CC1. The lowest BCUT2D eigenvalue weighted by atomic mass is 9.77. The van der Waals surface area contributed by atoms with Crippen LogP contribution in [0.2, 0.25) is 0 Å². The maximum Gasteiger partial charge on any atom is 0.416 e. The topological polar surface area (TPSA) is 62.5 Å². The molecule has 4 rings (SSSR count). The quantitative estimate of drug-likeness (QED) is 0.615. The maximum atomic E-state index is 13.1. The lowest BCUT2D eigenvalue weighted by molar-refractivity contribution is -0.137. The van der Waals surface area contributed by atoms with Gasteiger partial charge >= 0.3 is 6.18 Å². The summed E-state index contributed by atoms with van der Waals surface area (Å²) in [6.07, 6.45) is 0.861. The zero-order valence-corrected chi connectivity index (χ0v) is 16.9. The molecule has 2 N–H and O–H groups in total. The Kier molecular flexibility index (Phi) is 5.22. The molecule has 1 aromatic carbocycles. The Morgan fingerprint density at radius 2 is 1.80 bits per heavy atom. The van der Waals surface area contributed by atoms with Crippen molar-refractivity contribution in [3.63, 3.8) is 0 Å². The van der Waals surface area contributed by atoms with E-state index < -0.39 is 17.3 Å². The number of alkyl halides is 3. The number of nitrogens with one attached hydrogen (secondary N) is 1. The van der Waals surface area contributed by atoms with Crippen molar-refractivity contribution in [1.82, 2.24) is 14.6 Å². The summed E-state index contributed by atoms with van der Waals surface area (Å²) in [5.74, 6) is 0.938. The normalized spacial score (nSPS) is 20.5. The second-order valence-electron chi connectivity index (χ2n) is 8.56. The highest BCUT2D eigenvalue weighted by Crippen LogP contribution is 2.34. The first-order chi connectivity index (χ1) is 14.1. The molecule has 1 aliphatic rings. The lowest BCUT2D eigenvalue weighted by Crippen LogP contribution is -2.37. The molecule has 1 fully saturated rings. The highest BCUT2D eigenvalue weighted by Gasteiger charge is 2.32. The van der Waals surface area contributed by atoms with Gasteiger partial charge in [-0.1, -0.05) is 12.1 Å². The number of benzene rings is 1. The van der Waals surface area contributed by atoms with Crippen LogP contribution in [0.3, 0.4) is 0 Å². The van der Waals surface area contributed by atoms with Crippen molar-refractivity contribution in [1.29, 1.82) is 0 Å². The van der Waals surface area contributed by atoms with Crippen LogP contribution in [0.15, 0.2) is 42.6 Å². The number of nitrogens with zero attached hydrogens (tertiary/aromatic N) is 3. The lowest BCUT2D eigenvalue weighted by Gasteiger charge is -2.36. The van der Waals surface area contributed by atoms with E-state index in [-0.39, 0.29) is 12.0 Å². The summed E-state index contributed by atoms with van der Waals surface area (Å²) < 4.78 is 40.8. The molecule has 8 heteroatoms. The molecule has 5 nitrogen and oxygen atoms in total. The largest absolute Gasteiger partial charge is 0.416 e. The molecule has 1 aliphatic carbocycles. The molecule has 0 saturated heterocycles. The van der Waals surface area contributed by atoms with Crippen molar-refractivity contribution in [2.24, 2.45) is 5.92 Å². The van der Waals surface area contributed by atoms with E-state index in [1.54, 1.807) is 16.6 Å². The van der Waals surface area contributed by atoms with Gasteiger partial charge in [-0.05, 0) is 69.7 Å². The Bertz CT molecular complexity index is 1030. The van der Waals surface area contributed by atoms with Crippen LogP contribution in [0.25, 0.3) is 16.9 Å². The number of aliphatic hydroxyl groups is 1. The summed E-state index contributed by atoms with van der Waals surface area (Å²) in [7, 11) is 0. The second-order valence-corrected chi connectivity index (χ2v) is 8.56. The van der Waals surface area contributed by atoms with Crippen LogP contribution in [0.5, 0.6) is 0 Å². The summed E-state index contributed by atoms with van der Waals surface area (Å²) in [6.45, 7) is 3.71. The molecule has 0 spiro atoms. The zero-order valence-electron chi connectivity index (χ0n) is 16.9. The number of fused-ring (bicyclic) bond motifs is 1. The standard InChI is InChI=1S/C22H25F3N4O/c1-21(2,30)15-6-8-17(9-7-15)27-19-10-11-20-26-13-18(29(20)28-19)14-4-3-5-16(12-14)22(23,24)25/h3-5,10-13,15,17,30H,6-9H2,1-2H3,(H,27,28)/t15-,17-. The van der Waals surface area contributed by atoms with Crippen LogP contribution in [-0.4, -0.2) is 31.3 Å². The van der Waals surface area contributed by atoms with Crippen molar-refractivity contribution in [2.45, 2.75) is 57.3 Å². The van der Waals surface area contributed by atoms with E-state index in [9.17, 15) is 18.3 Å². The van der Waals surface area contributed by atoms with Gasteiger partial charge in [0, 0.05) is 11.6 Å². The summed E-state index contributed by atoms with van der Waals surface area (Å²) >= 11 is 0. The minimum Gasteiger partial charge on any atom is -0.390 e. The van der Waals surface area contributed by atoms with Crippen LogP contribution in [0.1, 0.15) is 45.1 Å². The fourth-order valence-electron chi connectivity index (χ4n) is 4.16. The van der Waals surface area contributed by atoms with Gasteiger partial charge in [-0.25, -0.2) is 9.50 Å². The third-order valence-corrected chi connectivity index (χ3v) is 5.93. The summed E-state index contributed by atoms with van der Waals surface area (Å²) in [4.78, 5) is 4.28. The fraction of sp³-hybridized carbons (Fsp3) is 0.455. The van der Waals surface area contributed by atoms with Crippen molar-refractivity contribution in [3.8, 4) is 11.3 Å². The van der Waals surface area contributed by atoms with Crippen molar-refractivity contribution in [2.75, 3.05) is 5.32 Å². The molecule has 0 bridgehead atoms. The van der Waals surface area contributed by atoms with Gasteiger partial charge in [0.25, 0.3) is 0 Å². The summed E-state index contributed by atoms with van der Waals surface area (Å²) in [5.41, 5.74) is 0.114. The molecule has 0 amide bonds. The molecule has 0 unspecified atom stereocenters. The predicted molar refractivity (Wildman–Crippen MR) is 109 cm³/mol. The fourth-order valence-corrected chi connectivity index (χ4v) is 4.16. The second kappa shape index (κ2) is 7.58. The Morgan fingerprint density at radius 3 is 2.47 bits per heavy atom. The van der Waals surface area contributed by atoms with Gasteiger partial charge in [-0.3, -0.25) is 0 Å². The van der Waals surface area contributed by atoms with Gasteiger partial charge in [-0.15, -0.1) is 5.10 Å². The van der Waals surface area contributed by atoms with E-state index in [1.807, 2.05) is 19.9 Å². The Hall–Kier alpha value is -2.61. The molecule has 1 saturated carbocycles. The molecule has 0 atom stereocenters. The minimum absolute atomic E-state index is 0.245. The third-order valence-electron chi connectivity index (χ3n) is 5.93. The Labute approximate surface area is 172 Å². The Morgan fingerprint density at radius 1 is 1.07 bits per heavy atom. The van der Waals surface area contributed by atoms with Gasteiger partial charge in [0.15, 0.2) is 5.65 Å². The summed E-state index contributed by atoms with van der Waals surface area (Å²) in [5, 5.41) is 18.2. The molecule has 30 heavy (non-hydrogen) atoms. The molecule has 0 radical (unpaired) electrons. The van der Waals surface area contributed by atoms with E-state index >= 15 is 0 Å². The molecule has 0 aliphatic heterocycles. The van der Waals surface area contributed by atoms with E-state index in [1.165, 1.54) is 12.3 Å². The van der Waals surface area contributed by atoms with Gasteiger partial charge in [-0.2, -0.15) is 13.2 Å². The van der Waals surface area contributed by atoms with Gasteiger partial charge in [0.05, 0.1) is 23.1 Å². The van der Waals surface area contributed by atoms with Crippen molar-refractivity contribution < 1.29 is 18.3 Å². The zero-order chi connectivity index (χ0) is 21.5. The van der Waals surface area contributed by atoms with Crippen LogP contribution in [0.4, 0.5) is 19.0 Å². The highest BCUT2D eigenvalue weighted by atomic mass is 19.4. The van der Waals surface area contributed by atoms with Crippen LogP contribution in [-0.2, 0) is 6.18 Å². The van der Waals surface area contributed by atoms with Gasteiger partial charge in [0.2, 0.25) is 0 Å². The van der Waals surface area contributed by atoms with Crippen molar-refractivity contribution >= 4 is 11.5 Å². The number of rotatable bonds is 4.